The SMILES string of the molecule is CC[C@@H](C)NC(=O)[C@@H](Cc1ccccc1)N(Cc1cccc(Cl)c1)C(=O)CN(c1cc(C)ccc1OC)S(=O)(=O)c1ccc(C)cc1. The molecule has 248 valence electrons. The van der Waals surface area contributed by atoms with E-state index in [0.717, 1.165) is 21.0 Å². The van der Waals surface area contributed by atoms with Crippen molar-refractivity contribution >= 4 is 39.1 Å². The molecule has 0 unspecified atom stereocenters. The number of benzene rings is 4. The van der Waals surface area contributed by atoms with Crippen LogP contribution in [0.5, 0.6) is 5.75 Å². The Bertz CT molecular complexity index is 1780. The largest absolute Gasteiger partial charge is 0.495 e. The van der Waals surface area contributed by atoms with E-state index in [-0.39, 0.29) is 41.2 Å². The zero-order chi connectivity index (χ0) is 34.1. The minimum absolute atomic E-state index is 0.0220. The Morgan fingerprint density at radius 1 is 0.872 bits per heavy atom. The van der Waals surface area contributed by atoms with E-state index in [0.29, 0.717) is 17.0 Å². The number of carbonyl (C=O) groups is 2. The number of carbonyl (C=O) groups excluding carboxylic acids is 2. The van der Waals surface area contributed by atoms with Gasteiger partial charge >= 0.3 is 0 Å². The zero-order valence-electron chi connectivity index (χ0n) is 27.4. The number of rotatable bonds is 14. The Morgan fingerprint density at radius 2 is 1.53 bits per heavy atom. The molecule has 4 aromatic rings. The monoisotopic (exact) mass is 675 g/mol. The summed E-state index contributed by atoms with van der Waals surface area (Å²) in [4.78, 5) is 30.2. The van der Waals surface area contributed by atoms with Crippen LogP contribution in [0.15, 0.2) is 102 Å². The maximum Gasteiger partial charge on any atom is 0.264 e. The first-order chi connectivity index (χ1) is 22.4. The van der Waals surface area contributed by atoms with E-state index in [2.05, 4.69) is 5.32 Å². The van der Waals surface area contributed by atoms with Crippen LogP contribution >= 0.6 is 11.6 Å². The lowest BCUT2D eigenvalue weighted by molar-refractivity contribution is -0.140. The normalized spacial score (nSPS) is 12.6. The summed E-state index contributed by atoms with van der Waals surface area (Å²) in [7, 11) is -2.82. The molecule has 4 rings (SSSR count). The van der Waals surface area contributed by atoms with Gasteiger partial charge in [0.1, 0.15) is 18.3 Å². The smallest absolute Gasteiger partial charge is 0.264 e. The first-order valence-electron chi connectivity index (χ1n) is 15.5. The lowest BCUT2D eigenvalue weighted by atomic mass is 10.0. The van der Waals surface area contributed by atoms with E-state index in [1.165, 1.54) is 24.1 Å². The number of aryl methyl sites for hydroxylation is 2. The highest BCUT2D eigenvalue weighted by Gasteiger charge is 2.36. The molecule has 0 fully saturated rings. The van der Waals surface area contributed by atoms with Gasteiger partial charge in [0.05, 0.1) is 17.7 Å². The van der Waals surface area contributed by atoms with Crippen molar-refractivity contribution < 1.29 is 22.7 Å². The number of ether oxygens (including phenoxy) is 1. The second-order valence-corrected chi connectivity index (χ2v) is 14.0. The van der Waals surface area contributed by atoms with Gasteiger partial charge in [-0.2, -0.15) is 0 Å². The fourth-order valence-corrected chi connectivity index (χ4v) is 6.80. The third-order valence-corrected chi connectivity index (χ3v) is 10.0. The Morgan fingerprint density at radius 3 is 2.17 bits per heavy atom. The van der Waals surface area contributed by atoms with Gasteiger partial charge < -0.3 is 15.0 Å². The van der Waals surface area contributed by atoms with E-state index in [1.807, 2.05) is 64.1 Å². The summed E-state index contributed by atoms with van der Waals surface area (Å²) < 4.78 is 35.4. The Labute approximate surface area is 283 Å². The van der Waals surface area contributed by atoms with E-state index in [4.69, 9.17) is 16.3 Å². The third kappa shape index (κ3) is 9.14. The number of anilines is 1. The molecule has 0 aliphatic carbocycles. The van der Waals surface area contributed by atoms with Gasteiger partial charge in [0.25, 0.3) is 10.0 Å². The van der Waals surface area contributed by atoms with Gasteiger partial charge in [-0.3, -0.25) is 13.9 Å². The predicted octanol–water partition coefficient (Wildman–Crippen LogP) is 6.72. The summed E-state index contributed by atoms with van der Waals surface area (Å²) >= 11 is 6.33. The number of hydrogen-bond acceptors (Lipinski definition) is 5. The van der Waals surface area contributed by atoms with Crippen molar-refractivity contribution in [1.82, 2.24) is 10.2 Å². The Hall–Kier alpha value is -4.34. The molecule has 0 aliphatic rings. The van der Waals surface area contributed by atoms with Crippen LogP contribution in [0.4, 0.5) is 5.69 Å². The molecule has 47 heavy (non-hydrogen) atoms. The first-order valence-corrected chi connectivity index (χ1v) is 17.4. The first kappa shape index (κ1) is 35.5. The lowest BCUT2D eigenvalue weighted by Gasteiger charge is -2.34. The summed E-state index contributed by atoms with van der Waals surface area (Å²) in [5, 5.41) is 3.52. The number of hydrogen-bond donors (Lipinski definition) is 1. The number of nitrogens with zero attached hydrogens (tertiary/aromatic N) is 2. The van der Waals surface area contributed by atoms with E-state index in [1.54, 1.807) is 48.5 Å². The quantitative estimate of drug-likeness (QED) is 0.160. The van der Waals surface area contributed by atoms with E-state index >= 15 is 0 Å². The second-order valence-electron chi connectivity index (χ2n) is 11.7. The van der Waals surface area contributed by atoms with Gasteiger partial charge in [-0.1, -0.05) is 84.8 Å². The van der Waals surface area contributed by atoms with Gasteiger partial charge in [-0.05, 0) is 80.3 Å². The number of nitrogens with one attached hydrogen (secondary N) is 1. The fourth-order valence-electron chi connectivity index (χ4n) is 5.17. The predicted molar refractivity (Wildman–Crippen MR) is 187 cm³/mol. The fraction of sp³-hybridized carbons (Fsp3) is 0.297. The summed E-state index contributed by atoms with van der Waals surface area (Å²) in [6, 6.07) is 27.0. The lowest BCUT2D eigenvalue weighted by Crippen LogP contribution is -2.54. The molecular formula is C37H42ClN3O5S. The molecule has 10 heteroatoms. The van der Waals surface area contributed by atoms with Crippen LogP contribution < -0.4 is 14.4 Å². The van der Waals surface area contributed by atoms with Crippen LogP contribution in [0.1, 0.15) is 42.5 Å². The van der Waals surface area contributed by atoms with Gasteiger partial charge in [0.15, 0.2) is 0 Å². The van der Waals surface area contributed by atoms with Gasteiger partial charge in [-0.25, -0.2) is 8.42 Å². The van der Waals surface area contributed by atoms with Crippen molar-refractivity contribution in [3.05, 3.63) is 124 Å². The van der Waals surface area contributed by atoms with Crippen molar-refractivity contribution in [1.29, 1.82) is 0 Å². The molecule has 0 saturated heterocycles. The molecule has 0 spiro atoms. The van der Waals surface area contributed by atoms with Crippen LogP contribution in [-0.2, 0) is 32.6 Å². The Balaban J connectivity index is 1.86. The summed E-state index contributed by atoms with van der Waals surface area (Å²) in [5.41, 5.74) is 3.44. The minimum atomic E-state index is -4.27. The maximum absolute atomic E-state index is 14.7. The molecule has 0 aromatic heterocycles. The van der Waals surface area contributed by atoms with Gasteiger partial charge in [0.2, 0.25) is 11.8 Å². The summed E-state index contributed by atoms with van der Waals surface area (Å²) in [5.74, 6) is -0.611. The molecule has 8 nitrogen and oxygen atoms in total. The van der Waals surface area contributed by atoms with Gasteiger partial charge in [0, 0.05) is 24.0 Å². The van der Waals surface area contributed by atoms with Crippen molar-refractivity contribution in [3.63, 3.8) is 0 Å². The van der Waals surface area contributed by atoms with Crippen molar-refractivity contribution in [2.45, 2.75) is 64.1 Å². The summed E-state index contributed by atoms with van der Waals surface area (Å²) in [6.07, 6.45) is 0.912. The van der Waals surface area contributed by atoms with Crippen molar-refractivity contribution in [3.8, 4) is 5.75 Å². The highest BCUT2D eigenvalue weighted by molar-refractivity contribution is 7.92. The molecule has 1 N–H and O–H groups in total. The van der Waals surface area contributed by atoms with Crippen molar-refractivity contribution in [2.24, 2.45) is 0 Å². The molecule has 0 saturated carbocycles. The molecule has 0 heterocycles. The maximum atomic E-state index is 14.7. The molecule has 4 aromatic carbocycles. The molecule has 2 amide bonds. The molecular weight excluding hydrogens is 634 g/mol. The minimum Gasteiger partial charge on any atom is -0.495 e. The topological polar surface area (TPSA) is 96.0 Å². The highest BCUT2D eigenvalue weighted by Crippen LogP contribution is 2.34. The average molecular weight is 676 g/mol. The number of halogens is 1. The van der Waals surface area contributed by atoms with Crippen LogP contribution in [0.25, 0.3) is 0 Å². The Kier molecular flexibility index (Phi) is 12.1. The number of amides is 2. The third-order valence-electron chi connectivity index (χ3n) is 8.00. The molecule has 0 bridgehead atoms. The van der Waals surface area contributed by atoms with Crippen LogP contribution in [0.2, 0.25) is 5.02 Å². The van der Waals surface area contributed by atoms with Crippen LogP contribution in [-0.4, -0.2) is 50.9 Å². The molecule has 0 aliphatic heterocycles. The second kappa shape index (κ2) is 16.0. The average Bonchev–Trinajstić information content (AvgIpc) is 3.05. The van der Waals surface area contributed by atoms with Crippen LogP contribution in [0, 0.1) is 13.8 Å². The standard InChI is InChI=1S/C37H42ClN3O5S/c1-6-28(4)39-37(43)34(23-29-11-8-7-9-12-29)40(24-30-13-10-14-31(38)22-30)36(42)25-41(33-21-27(3)17-20-35(33)46-5)47(44,45)32-18-15-26(2)16-19-32/h7-22,28,34H,6,23-25H2,1-5H3,(H,39,43)/t28-,34-/m1/s1. The zero-order valence-corrected chi connectivity index (χ0v) is 29.0. The van der Waals surface area contributed by atoms with E-state index < -0.39 is 28.5 Å². The van der Waals surface area contributed by atoms with Crippen LogP contribution in [0.3, 0.4) is 0 Å². The van der Waals surface area contributed by atoms with E-state index in [9.17, 15) is 18.0 Å². The summed E-state index contributed by atoms with van der Waals surface area (Å²) in [6.45, 7) is 7.01. The van der Waals surface area contributed by atoms with Gasteiger partial charge in [-0.15, -0.1) is 0 Å². The molecule has 0 radical (unpaired) electrons. The number of methoxy groups -OCH3 is 1. The molecule has 2 atom stereocenters. The number of sulfonamides is 1. The highest BCUT2D eigenvalue weighted by atomic mass is 35.5. The van der Waals surface area contributed by atoms with Crippen molar-refractivity contribution in [2.75, 3.05) is 18.0 Å².